The van der Waals surface area contributed by atoms with E-state index >= 15 is 0 Å². The molecular weight excluding hydrogens is 289 g/mol. The molecule has 0 aliphatic rings. The first-order valence-electron chi connectivity index (χ1n) is 6.62. The minimum atomic E-state index is -1.13. The van der Waals surface area contributed by atoms with E-state index in [1.54, 1.807) is 24.4 Å². The van der Waals surface area contributed by atoms with Crippen molar-refractivity contribution in [3.63, 3.8) is 0 Å². The number of para-hydroxylation sites is 1. The van der Waals surface area contributed by atoms with E-state index in [1.165, 1.54) is 12.3 Å². The van der Waals surface area contributed by atoms with Gasteiger partial charge in [-0.15, -0.1) is 0 Å². The SMILES string of the molecule is O=CCC(C(=O)O)c1cc(-c2c[nH]c3c(F)cccc23)co1. The number of H-pyrrole nitrogens is 1. The largest absolute Gasteiger partial charge is 0.481 e. The molecule has 0 amide bonds. The Kier molecular flexibility index (Phi) is 3.50. The van der Waals surface area contributed by atoms with Crippen LogP contribution in [0.15, 0.2) is 41.1 Å². The third-order valence-corrected chi connectivity index (χ3v) is 3.57. The monoisotopic (exact) mass is 301 g/mol. The van der Waals surface area contributed by atoms with Gasteiger partial charge in [0.15, 0.2) is 0 Å². The summed E-state index contributed by atoms with van der Waals surface area (Å²) in [7, 11) is 0. The van der Waals surface area contributed by atoms with Gasteiger partial charge in [0.2, 0.25) is 0 Å². The maximum Gasteiger partial charge on any atom is 0.314 e. The van der Waals surface area contributed by atoms with Gasteiger partial charge in [-0.25, -0.2) is 4.39 Å². The summed E-state index contributed by atoms with van der Waals surface area (Å²) in [6, 6.07) is 6.28. The molecule has 0 aliphatic carbocycles. The maximum absolute atomic E-state index is 13.7. The van der Waals surface area contributed by atoms with Crippen LogP contribution in [-0.4, -0.2) is 22.3 Å². The van der Waals surface area contributed by atoms with Crippen molar-refractivity contribution in [3.8, 4) is 11.1 Å². The summed E-state index contributed by atoms with van der Waals surface area (Å²) in [6.45, 7) is 0. The Bertz CT molecular complexity index is 849. The van der Waals surface area contributed by atoms with Gasteiger partial charge >= 0.3 is 5.97 Å². The van der Waals surface area contributed by atoms with Crippen molar-refractivity contribution in [2.24, 2.45) is 0 Å². The number of carboxylic acids is 1. The zero-order chi connectivity index (χ0) is 15.7. The lowest BCUT2D eigenvalue weighted by Gasteiger charge is -2.03. The van der Waals surface area contributed by atoms with Crippen LogP contribution in [-0.2, 0) is 9.59 Å². The molecule has 1 aromatic carbocycles. The summed E-state index contributed by atoms with van der Waals surface area (Å²) in [6.07, 6.45) is 3.42. The number of fused-ring (bicyclic) bond motifs is 1. The van der Waals surface area contributed by atoms with Crippen LogP contribution in [0.2, 0.25) is 0 Å². The summed E-state index contributed by atoms with van der Waals surface area (Å²) in [5.74, 6) is -2.32. The number of carbonyl (C=O) groups excluding carboxylic acids is 1. The maximum atomic E-state index is 13.7. The average molecular weight is 301 g/mol. The molecule has 1 atom stereocenters. The average Bonchev–Trinajstić information content (AvgIpc) is 3.11. The van der Waals surface area contributed by atoms with Crippen molar-refractivity contribution < 1.29 is 23.5 Å². The van der Waals surface area contributed by atoms with E-state index in [4.69, 9.17) is 9.52 Å². The molecule has 22 heavy (non-hydrogen) atoms. The number of furan rings is 1. The molecule has 0 aliphatic heterocycles. The molecule has 0 saturated heterocycles. The van der Waals surface area contributed by atoms with E-state index in [0.29, 0.717) is 28.3 Å². The van der Waals surface area contributed by atoms with Gasteiger partial charge in [0.1, 0.15) is 23.8 Å². The van der Waals surface area contributed by atoms with Gasteiger partial charge in [0.25, 0.3) is 0 Å². The van der Waals surface area contributed by atoms with Crippen LogP contribution < -0.4 is 0 Å². The van der Waals surface area contributed by atoms with E-state index in [-0.39, 0.29) is 18.0 Å². The summed E-state index contributed by atoms with van der Waals surface area (Å²) in [4.78, 5) is 24.6. The Morgan fingerprint density at radius 2 is 2.27 bits per heavy atom. The first-order chi connectivity index (χ1) is 10.6. The Morgan fingerprint density at radius 3 is 3.00 bits per heavy atom. The number of halogens is 1. The Labute approximate surface area is 124 Å². The van der Waals surface area contributed by atoms with Crippen LogP contribution in [0.1, 0.15) is 18.1 Å². The van der Waals surface area contributed by atoms with Crippen molar-refractivity contribution in [2.75, 3.05) is 0 Å². The van der Waals surface area contributed by atoms with Gasteiger partial charge in [-0.05, 0) is 12.1 Å². The van der Waals surface area contributed by atoms with Crippen molar-refractivity contribution in [2.45, 2.75) is 12.3 Å². The number of benzene rings is 1. The van der Waals surface area contributed by atoms with E-state index in [0.717, 1.165) is 0 Å². The number of hydrogen-bond donors (Lipinski definition) is 2. The van der Waals surface area contributed by atoms with Crippen LogP contribution in [0.25, 0.3) is 22.0 Å². The van der Waals surface area contributed by atoms with Crippen LogP contribution in [0.4, 0.5) is 4.39 Å². The molecule has 0 bridgehead atoms. The number of nitrogens with one attached hydrogen (secondary N) is 1. The number of rotatable bonds is 5. The second-order valence-electron chi connectivity index (χ2n) is 4.90. The van der Waals surface area contributed by atoms with E-state index in [9.17, 15) is 14.0 Å². The predicted molar refractivity (Wildman–Crippen MR) is 77.0 cm³/mol. The zero-order valence-corrected chi connectivity index (χ0v) is 11.4. The summed E-state index contributed by atoms with van der Waals surface area (Å²) in [5.41, 5.74) is 1.71. The lowest BCUT2D eigenvalue weighted by molar-refractivity contribution is -0.140. The zero-order valence-electron chi connectivity index (χ0n) is 11.4. The number of aromatic nitrogens is 1. The topological polar surface area (TPSA) is 83.3 Å². The normalized spacial score (nSPS) is 12.4. The van der Waals surface area contributed by atoms with Gasteiger partial charge in [0, 0.05) is 29.1 Å². The summed E-state index contributed by atoms with van der Waals surface area (Å²) in [5, 5.41) is 9.81. The molecule has 112 valence electrons. The molecule has 0 fully saturated rings. The van der Waals surface area contributed by atoms with E-state index in [2.05, 4.69) is 4.98 Å². The Balaban J connectivity index is 2.04. The molecule has 5 nitrogen and oxygen atoms in total. The number of hydrogen-bond acceptors (Lipinski definition) is 3. The van der Waals surface area contributed by atoms with Crippen LogP contribution >= 0.6 is 0 Å². The number of carboxylic acid groups (broad SMARTS) is 1. The second kappa shape index (κ2) is 5.48. The third kappa shape index (κ3) is 2.28. The summed E-state index contributed by atoms with van der Waals surface area (Å²) < 4.78 is 19.0. The molecule has 2 heterocycles. The van der Waals surface area contributed by atoms with Gasteiger partial charge in [0.05, 0.1) is 11.8 Å². The minimum absolute atomic E-state index is 0.162. The van der Waals surface area contributed by atoms with Crippen LogP contribution in [0, 0.1) is 5.82 Å². The van der Waals surface area contributed by atoms with Crippen molar-refractivity contribution in [3.05, 3.63) is 48.3 Å². The first-order valence-corrected chi connectivity index (χ1v) is 6.62. The molecule has 0 radical (unpaired) electrons. The fourth-order valence-electron chi connectivity index (χ4n) is 2.47. The standard InChI is InChI=1S/C16H12FNO4/c17-13-3-1-2-10-12(7-18-15(10)13)9-6-14(22-8-9)11(4-5-19)16(20)21/h1-3,5-8,11,18H,4H2,(H,20,21). The molecule has 3 rings (SSSR count). The number of aromatic amines is 1. The minimum Gasteiger partial charge on any atom is -0.481 e. The Morgan fingerprint density at radius 1 is 1.45 bits per heavy atom. The molecule has 0 saturated carbocycles. The fraction of sp³-hybridized carbons (Fsp3) is 0.125. The highest BCUT2D eigenvalue weighted by Gasteiger charge is 2.24. The van der Waals surface area contributed by atoms with Crippen molar-refractivity contribution >= 4 is 23.2 Å². The molecule has 2 N–H and O–H groups in total. The second-order valence-corrected chi connectivity index (χ2v) is 4.90. The van der Waals surface area contributed by atoms with Crippen LogP contribution in [0.5, 0.6) is 0 Å². The highest BCUT2D eigenvalue weighted by atomic mass is 19.1. The van der Waals surface area contributed by atoms with Crippen molar-refractivity contribution in [1.29, 1.82) is 0 Å². The van der Waals surface area contributed by atoms with E-state index in [1.807, 2.05) is 0 Å². The van der Waals surface area contributed by atoms with Gasteiger partial charge in [-0.2, -0.15) is 0 Å². The Hall–Kier alpha value is -2.89. The van der Waals surface area contributed by atoms with Crippen molar-refractivity contribution in [1.82, 2.24) is 4.98 Å². The molecule has 2 aromatic heterocycles. The van der Waals surface area contributed by atoms with Crippen LogP contribution in [0.3, 0.4) is 0 Å². The number of aliphatic carboxylic acids is 1. The highest BCUT2D eigenvalue weighted by molar-refractivity contribution is 5.95. The molecule has 6 heteroatoms. The fourth-order valence-corrected chi connectivity index (χ4v) is 2.47. The summed E-state index contributed by atoms with van der Waals surface area (Å²) >= 11 is 0. The smallest absolute Gasteiger partial charge is 0.314 e. The predicted octanol–water partition coefficient (Wildman–Crippen LogP) is 3.32. The number of carbonyl (C=O) groups is 2. The molecule has 3 aromatic rings. The quantitative estimate of drug-likeness (QED) is 0.708. The first kappa shape index (κ1) is 14.1. The van der Waals surface area contributed by atoms with Gasteiger partial charge < -0.3 is 19.3 Å². The molecular formula is C16H12FNO4. The van der Waals surface area contributed by atoms with Gasteiger partial charge in [-0.3, -0.25) is 4.79 Å². The third-order valence-electron chi connectivity index (χ3n) is 3.57. The number of aldehydes is 1. The molecule has 0 spiro atoms. The highest BCUT2D eigenvalue weighted by Crippen LogP contribution is 2.33. The van der Waals surface area contributed by atoms with E-state index < -0.39 is 11.9 Å². The lowest BCUT2D eigenvalue weighted by Crippen LogP contribution is -2.11. The lowest BCUT2D eigenvalue weighted by atomic mass is 10.0. The van der Waals surface area contributed by atoms with Gasteiger partial charge in [-0.1, -0.05) is 12.1 Å². The molecule has 1 unspecified atom stereocenters.